The fourth-order valence-electron chi connectivity index (χ4n) is 2.49. The summed E-state index contributed by atoms with van der Waals surface area (Å²) in [6.45, 7) is 3.63. The van der Waals surface area contributed by atoms with Gasteiger partial charge in [0.15, 0.2) is 0 Å². The Labute approximate surface area is 115 Å². The van der Waals surface area contributed by atoms with Gasteiger partial charge in [0.25, 0.3) is 0 Å². The first-order chi connectivity index (χ1) is 9.00. The second kappa shape index (κ2) is 6.03. The highest BCUT2D eigenvalue weighted by molar-refractivity contribution is 7.89. The van der Waals surface area contributed by atoms with E-state index in [4.69, 9.17) is 0 Å². The maximum atomic E-state index is 12.4. The zero-order chi connectivity index (χ0) is 13.9. The summed E-state index contributed by atoms with van der Waals surface area (Å²) in [6.07, 6.45) is 0.898. The van der Waals surface area contributed by atoms with E-state index in [1.54, 1.807) is 11.4 Å². The van der Waals surface area contributed by atoms with Crippen LogP contribution in [0.1, 0.15) is 24.8 Å². The minimum Gasteiger partial charge on any atom is -0.315 e. The molecular weight excluding hydrogens is 260 g/mol. The Morgan fingerprint density at radius 2 is 2.05 bits per heavy atom. The van der Waals surface area contributed by atoms with Crippen molar-refractivity contribution in [3.8, 4) is 0 Å². The number of nitrogens with one attached hydrogen (secondary N) is 1. The van der Waals surface area contributed by atoms with Crippen LogP contribution in [-0.2, 0) is 10.0 Å². The molecule has 2 atom stereocenters. The lowest BCUT2D eigenvalue weighted by atomic mass is 10.0. The van der Waals surface area contributed by atoms with Crippen LogP contribution in [-0.4, -0.2) is 44.7 Å². The van der Waals surface area contributed by atoms with Gasteiger partial charge in [0, 0.05) is 19.6 Å². The quantitative estimate of drug-likeness (QED) is 0.888. The molecule has 106 valence electrons. The molecule has 1 N–H and O–H groups in total. The van der Waals surface area contributed by atoms with Gasteiger partial charge in [-0.3, -0.25) is 0 Å². The van der Waals surface area contributed by atoms with Crippen molar-refractivity contribution in [2.45, 2.75) is 25.3 Å². The van der Waals surface area contributed by atoms with Crippen LogP contribution in [0.2, 0.25) is 0 Å². The Morgan fingerprint density at radius 1 is 1.37 bits per heavy atom. The molecule has 2 rings (SSSR count). The number of hydrogen-bond donors (Lipinski definition) is 1. The molecule has 0 amide bonds. The number of likely N-dealkylation sites (N-methyl/N-ethyl adjacent to an activating group) is 1. The molecule has 0 aromatic heterocycles. The molecule has 1 saturated heterocycles. The third kappa shape index (κ3) is 3.55. The number of rotatable bonds is 5. The maximum Gasteiger partial charge on any atom is 0.214 e. The second-order valence-corrected chi connectivity index (χ2v) is 7.33. The van der Waals surface area contributed by atoms with Crippen LogP contribution in [0.4, 0.5) is 0 Å². The van der Waals surface area contributed by atoms with Gasteiger partial charge in [-0.25, -0.2) is 12.7 Å². The van der Waals surface area contributed by atoms with Crippen molar-refractivity contribution in [2.24, 2.45) is 0 Å². The summed E-state index contributed by atoms with van der Waals surface area (Å²) >= 11 is 0. The third-order valence-corrected chi connectivity index (χ3v) is 5.91. The molecular formula is C14H22N2O2S. The number of hydrogen-bond acceptors (Lipinski definition) is 3. The largest absolute Gasteiger partial charge is 0.315 e. The standard InChI is InChI=1S/C14H22N2O2S/c1-12(13-6-4-3-5-7-13)11-19(17,18)16(2)14-8-9-15-10-14/h3-7,12,14-15H,8-11H2,1-2H3. The van der Waals surface area contributed by atoms with E-state index in [-0.39, 0.29) is 17.7 Å². The molecule has 4 nitrogen and oxygen atoms in total. The highest BCUT2D eigenvalue weighted by Crippen LogP contribution is 2.20. The predicted octanol–water partition coefficient (Wildman–Crippen LogP) is 1.41. The molecule has 0 radical (unpaired) electrons. The maximum absolute atomic E-state index is 12.4. The van der Waals surface area contributed by atoms with Gasteiger partial charge in [-0.15, -0.1) is 0 Å². The summed E-state index contributed by atoms with van der Waals surface area (Å²) in [5.74, 6) is 0.187. The average molecular weight is 282 g/mol. The Kier molecular flexibility index (Phi) is 4.60. The third-order valence-electron chi connectivity index (χ3n) is 3.82. The average Bonchev–Trinajstić information content (AvgIpc) is 2.92. The van der Waals surface area contributed by atoms with Crippen molar-refractivity contribution in [2.75, 3.05) is 25.9 Å². The topological polar surface area (TPSA) is 49.4 Å². The first-order valence-corrected chi connectivity index (χ1v) is 8.33. The molecule has 1 fully saturated rings. The normalized spacial score (nSPS) is 21.7. The summed E-state index contributed by atoms with van der Waals surface area (Å²) in [4.78, 5) is 0. The van der Waals surface area contributed by atoms with Gasteiger partial charge >= 0.3 is 0 Å². The molecule has 1 aliphatic heterocycles. The van der Waals surface area contributed by atoms with Crippen molar-refractivity contribution < 1.29 is 8.42 Å². The molecule has 5 heteroatoms. The van der Waals surface area contributed by atoms with Gasteiger partial charge in [-0.1, -0.05) is 37.3 Å². The first-order valence-electron chi connectivity index (χ1n) is 6.72. The summed E-state index contributed by atoms with van der Waals surface area (Å²) < 4.78 is 26.3. The van der Waals surface area contributed by atoms with E-state index in [2.05, 4.69) is 5.32 Å². The lowest BCUT2D eigenvalue weighted by Crippen LogP contribution is -2.40. The van der Waals surface area contributed by atoms with Crippen molar-refractivity contribution in [1.82, 2.24) is 9.62 Å². The van der Waals surface area contributed by atoms with Crippen molar-refractivity contribution >= 4 is 10.0 Å². The van der Waals surface area contributed by atoms with E-state index in [1.165, 1.54) is 0 Å². The van der Waals surface area contributed by atoms with Crippen molar-refractivity contribution in [3.05, 3.63) is 35.9 Å². The minimum absolute atomic E-state index is 0.0167. The van der Waals surface area contributed by atoms with E-state index in [0.29, 0.717) is 0 Å². The predicted molar refractivity (Wildman–Crippen MR) is 77.7 cm³/mol. The molecule has 2 unspecified atom stereocenters. The van der Waals surface area contributed by atoms with Crippen molar-refractivity contribution in [3.63, 3.8) is 0 Å². The van der Waals surface area contributed by atoms with Crippen LogP contribution >= 0.6 is 0 Å². The minimum atomic E-state index is -3.20. The van der Waals surface area contributed by atoms with E-state index >= 15 is 0 Å². The van der Waals surface area contributed by atoms with E-state index < -0.39 is 10.0 Å². The highest BCUT2D eigenvalue weighted by atomic mass is 32.2. The molecule has 1 aromatic carbocycles. The Bertz CT molecular complexity index is 495. The Hall–Kier alpha value is -0.910. The Balaban J connectivity index is 2.04. The summed E-state index contributed by atoms with van der Waals surface area (Å²) in [5.41, 5.74) is 1.07. The van der Waals surface area contributed by atoms with Crippen LogP contribution in [0, 0.1) is 0 Å². The number of nitrogens with zero attached hydrogens (tertiary/aromatic N) is 1. The molecule has 1 aliphatic rings. The number of benzene rings is 1. The fraction of sp³-hybridized carbons (Fsp3) is 0.571. The van der Waals surface area contributed by atoms with Crippen LogP contribution in [0.3, 0.4) is 0 Å². The van der Waals surface area contributed by atoms with Crippen LogP contribution in [0.5, 0.6) is 0 Å². The van der Waals surface area contributed by atoms with Crippen LogP contribution in [0.25, 0.3) is 0 Å². The second-order valence-electron chi connectivity index (χ2n) is 5.25. The van der Waals surface area contributed by atoms with E-state index in [9.17, 15) is 8.42 Å². The summed E-state index contributed by atoms with van der Waals surface area (Å²) in [7, 11) is -1.50. The molecule has 0 saturated carbocycles. The lowest BCUT2D eigenvalue weighted by molar-refractivity contribution is 0.386. The zero-order valence-electron chi connectivity index (χ0n) is 11.5. The van der Waals surface area contributed by atoms with E-state index in [0.717, 1.165) is 25.1 Å². The smallest absolute Gasteiger partial charge is 0.214 e. The zero-order valence-corrected chi connectivity index (χ0v) is 12.4. The van der Waals surface area contributed by atoms with Gasteiger partial charge in [-0.05, 0) is 24.4 Å². The lowest BCUT2D eigenvalue weighted by Gasteiger charge is -2.25. The molecule has 1 heterocycles. The SMILES string of the molecule is CC(CS(=O)(=O)N(C)C1CCNC1)c1ccccc1. The highest BCUT2D eigenvalue weighted by Gasteiger charge is 2.29. The van der Waals surface area contributed by atoms with E-state index in [1.807, 2.05) is 37.3 Å². The van der Waals surface area contributed by atoms with Gasteiger partial charge < -0.3 is 5.32 Å². The van der Waals surface area contributed by atoms with Gasteiger partial charge in [0.05, 0.1) is 5.75 Å². The van der Waals surface area contributed by atoms with Crippen molar-refractivity contribution in [1.29, 1.82) is 0 Å². The van der Waals surface area contributed by atoms with Gasteiger partial charge in [0.2, 0.25) is 10.0 Å². The van der Waals surface area contributed by atoms with Gasteiger partial charge in [-0.2, -0.15) is 0 Å². The summed E-state index contributed by atoms with van der Waals surface area (Å²) in [5, 5.41) is 3.20. The summed E-state index contributed by atoms with van der Waals surface area (Å²) in [6, 6.07) is 9.91. The fourth-order valence-corrected chi connectivity index (χ4v) is 4.18. The van der Waals surface area contributed by atoms with Gasteiger partial charge in [0.1, 0.15) is 0 Å². The van der Waals surface area contributed by atoms with Crippen LogP contribution < -0.4 is 5.32 Å². The molecule has 19 heavy (non-hydrogen) atoms. The molecule has 0 bridgehead atoms. The molecule has 1 aromatic rings. The first kappa shape index (κ1) is 14.5. The monoisotopic (exact) mass is 282 g/mol. The Morgan fingerprint density at radius 3 is 2.63 bits per heavy atom. The van der Waals surface area contributed by atoms with Crippen LogP contribution in [0.15, 0.2) is 30.3 Å². The number of sulfonamides is 1. The molecule has 0 spiro atoms. The molecule has 0 aliphatic carbocycles.